The molecule has 0 fully saturated rings. The minimum atomic E-state index is -0.542. The summed E-state index contributed by atoms with van der Waals surface area (Å²) < 4.78 is 4.70. The van der Waals surface area contributed by atoms with Crippen molar-refractivity contribution >= 4 is 23.4 Å². The number of amides is 1. The van der Waals surface area contributed by atoms with E-state index >= 15 is 0 Å². The Morgan fingerprint density at radius 1 is 1.48 bits per heavy atom. The van der Waals surface area contributed by atoms with Crippen LogP contribution in [0.15, 0.2) is 12.3 Å². The van der Waals surface area contributed by atoms with E-state index in [-0.39, 0.29) is 18.0 Å². The standard InChI is InChI=1S/C14H22N4O3/c1-9(2)6-16-12(19)8-18(3)13-11(14(20)21-4)5-10(15)7-17-13/h5,7,9H,6,8,15H2,1-4H3,(H,16,19). The summed E-state index contributed by atoms with van der Waals surface area (Å²) in [6.07, 6.45) is 1.43. The quantitative estimate of drug-likeness (QED) is 0.748. The Kier molecular flexibility index (Phi) is 5.95. The number of carbonyl (C=O) groups excluding carboxylic acids is 2. The lowest BCUT2D eigenvalue weighted by molar-refractivity contribution is -0.119. The van der Waals surface area contributed by atoms with Gasteiger partial charge >= 0.3 is 5.97 Å². The van der Waals surface area contributed by atoms with Crippen molar-refractivity contribution in [3.05, 3.63) is 17.8 Å². The fourth-order valence-electron chi connectivity index (χ4n) is 1.70. The number of nitrogens with zero attached hydrogens (tertiary/aromatic N) is 2. The van der Waals surface area contributed by atoms with E-state index in [9.17, 15) is 9.59 Å². The molecule has 0 spiro atoms. The van der Waals surface area contributed by atoms with Crippen LogP contribution in [-0.4, -0.2) is 44.1 Å². The van der Waals surface area contributed by atoms with Crippen LogP contribution in [0.3, 0.4) is 0 Å². The average molecular weight is 294 g/mol. The number of anilines is 2. The number of hydrogen-bond acceptors (Lipinski definition) is 6. The summed E-state index contributed by atoms with van der Waals surface area (Å²) in [7, 11) is 2.96. The van der Waals surface area contributed by atoms with Gasteiger partial charge in [-0.25, -0.2) is 9.78 Å². The van der Waals surface area contributed by atoms with E-state index in [1.807, 2.05) is 13.8 Å². The SMILES string of the molecule is COC(=O)c1cc(N)cnc1N(C)CC(=O)NCC(C)C. The highest BCUT2D eigenvalue weighted by molar-refractivity contribution is 5.96. The lowest BCUT2D eigenvalue weighted by Crippen LogP contribution is -2.37. The summed E-state index contributed by atoms with van der Waals surface area (Å²) in [5.74, 6) is 0.0511. The Balaban J connectivity index is 2.84. The Labute approximate surface area is 124 Å². The fourth-order valence-corrected chi connectivity index (χ4v) is 1.70. The average Bonchev–Trinajstić information content (AvgIpc) is 2.43. The molecule has 1 aromatic heterocycles. The van der Waals surface area contributed by atoms with E-state index in [4.69, 9.17) is 10.5 Å². The Morgan fingerprint density at radius 3 is 2.71 bits per heavy atom. The predicted molar refractivity (Wildman–Crippen MR) is 81.1 cm³/mol. The molecule has 21 heavy (non-hydrogen) atoms. The molecule has 0 radical (unpaired) electrons. The number of aromatic nitrogens is 1. The highest BCUT2D eigenvalue weighted by Crippen LogP contribution is 2.19. The third-order valence-corrected chi connectivity index (χ3v) is 2.74. The van der Waals surface area contributed by atoms with Gasteiger partial charge in [0.1, 0.15) is 11.4 Å². The lowest BCUT2D eigenvalue weighted by atomic mass is 10.2. The molecule has 3 N–H and O–H groups in total. The minimum absolute atomic E-state index is 0.0909. The number of likely N-dealkylation sites (N-methyl/N-ethyl adjacent to an activating group) is 1. The molecule has 0 atom stereocenters. The molecule has 7 heteroatoms. The number of nitrogens with two attached hydrogens (primary N) is 1. The zero-order chi connectivity index (χ0) is 16.0. The number of carbonyl (C=O) groups is 2. The number of pyridine rings is 1. The number of rotatable bonds is 6. The zero-order valence-corrected chi connectivity index (χ0v) is 12.8. The molecule has 0 bridgehead atoms. The highest BCUT2D eigenvalue weighted by Gasteiger charge is 2.18. The van der Waals surface area contributed by atoms with E-state index in [1.165, 1.54) is 19.4 Å². The Bertz CT molecular complexity index is 517. The molecule has 0 aliphatic heterocycles. The third kappa shape index (κ3) is 4.94. The number of esters is 1. The molecule has 1 aromatic rings. The molecule has 0 aliphatic rings. The van der Waals surface area contributed by atoms with Gasteiger partial charge in [-0.05, 0) is 12.0 Å². The van der Waals surface area contributed by atoms with E-state index in [1.54, 1.807) is 11.9 Å². The molecule has 0 aromatic carbocycles. The van der Waals surface area contributed by atoms with Crippen LogP contribution in [0, 0.1) is 5.92 Å². The second-order valence-corrected chi connectivity index (χ2v) is 5.19. The Morgan fingerprint density at radius 2 is 2.14 bits per heavy atom. The maximum absolute atomic E-state index is 11.8. The molecule has 7 nitrogen and oxygen atoms in total. The highest BCUT2D eigenvalue weighted by atomic mass is 16.5. The zero-order valence-electron chi connectivity index (χ0n) is 12.8. The van der Waals surface area contributed by atoms with Gasteiger partial charge in [0.25, 0.3) is 0 Å². The van der Waals surface area contributed by atoms with Gasteiger partial charge in [0.15, 0.2) is 0 Å². The predicted octanol–water partition coefficient (Wildman–Crippen LogP) is 0.659. The summed E-state index contributed by atoms with van der Waals surface area (Å²) in [5, 5.41) is 2.81. The Hall–Kier alpha value is -2.31. The molecule has 1 rings (SSSR count). The van der Waals surface area contributed by atoms with Gasteiger partial charge < -0.3 is 20.7 Å². The van der Waals surface area contributed by atoms with Crippen molar-refractivity contribution in [2.45, 2.75) is 13.8 Å². The molecule has 1 amide bonds. The molecule has 0 unspecified atom stereocenters. The van der Waals surface area contributed by atoms with Crippen molar-refractivity contribution in [2.24, 2.45) is 5.92 Å². The first-order valence-electron chi connectivity index (χ1n) is 6.66. The molecule has 1 heterocycles. The van der Waals surface area contributed by atoms with Crippen molar-refractivity contribution in [3.63, 3.8) is 0 Å². The van der Waals surface area contributed by atoms with Crippen molar-refractivity contribution < 1.29 is 14.3 Å². The van der Waals surface area contributed by atoms with E-state index < -0.39 is 5.97 Å². The van der Waals surface area contributed by atoms with Crippen LogP contribution in [0.2, 0.25) is 0 Å². The third-order valence-electron chi connectivity index (χ3n) is 2.74. The van der Waals surface area contributed by atoms with E-state index in [0.717, 1.165) is 0 Å². The van der Waals surface area contributed by atoms with Crippen LogP contribution in [0.1, 0.15) is 24.2 Å². The summed E-state index contributed by atoms with van der Waals surface area (Å²) in [6.45, 7) is 4.72. The summed E-state index contributed by atoms with van der Waals surface area (Å²) in [4.78, 5) is 29.3. The van der Waals surface area contributed by atoms with Gasteiger partial charge in [-0.1, -0.05) is 13.8 Å². The van der Waals surface area contributed by atoms with Crippen molar-refractivity contribution in [1.82, 2.24) is 10.3 Å². The molecule has 0 aliphatic carbocycles. The topological polar surface area (TPSA) is 97.6 Å². The molecular formula is C14H22N4O3. The van der Waals surface area contributed by atoms with Crippen molar-refractivity contribution in [3.8, 4) is 0 Å². The van der Waals surface area contributed by atoms with Crippen LogP contribution in [0.25, 0.3) is 0 Å². The first kappa shape index (κ1) is 16.7. The number of hydrogen-bond donors (Lipinski definition) is 2. The van der Waals surface area contributed by atoms with Crippen LogP contribution >= 0.6 is 0 Å². The minimum Gasteiger partial charge on any atom is -0.465 e. The summed E-state index contributed by atoms with van der Waals surface area (Å²) in [6, 6.07) is 1.48. The maximum atomic E-state index is 11.8. The fraction of sp³-hybridized carbons (Fsp3) is 0.500. The molecule has 0 saturated carbocycles. The van der Waals surface area contributed by atoms with E-state index in [0.29, 0.717) is 24.0 Å². The van der Waals surface area contributed by atoms with Crippen LogP contribution < -0.4 is 16.0 Å². The van der Waals surface area contributed by atoms with Crippen molar-refractivity contribution in [1.29, 1.82) is 0 Å². The first-order valence-corrected chi connectivity index (χ1v) is 6.66. The molecular weight excluding hydrogens is 272 g/mol. The monoisotopic (exact) mass is 294 g/mol. The van der Waals surface area contributed by atoms with Gasteiger partial charge in [0, 0.05) is 13.6 Å². The number of ether oxygens (including phenoxy) is 1. The van der Waals surface area contributed by atoms with Gasteiger partial charge in [-0.15, -0.1) is 0 Å². The maximum Gasteiger partial charge on any atom is 0.341 e. The van der Waals surface area contributed by atoms with Gasteiger partial charge in [0.2, 0.25) is 5.91 Å². The smallest absolute Gasteiger partial charge is 0.341 e. The molecule has 116 valence electrons. The van der Waals surface area contributed by atoms with Crippen molar-refractivity contribution in [2.75, 3.05) is 37.9 Å². The lowest BCUT2D eigenvalue weighted by Gasteiger charge is -2.20. The first-order chi connectivity index (χ1) is 9.85. The normalized spacial score (nSPS) is 10.3. The summed E-state index contributed by atoms with van der Waals surface area (Å²) >= 11 is 0. The second kappa shape index (κ2) is 7.47. The number of nitrogens with one attached hydrogen (secondary N) is 1. The summed E-state index contributed by atoms with van der Waals surface area (Å²) in [5.41, 5.74) is 6.23. The van der Waals surface area contributed by atoms with Gasteiger partial charge in [-0.3, -0.25) is 4.79 Å². The number of nitrogen functional groups attached to an aromatic ring is 1. The van der Waals surface area contributed by atoms with E-state index in [2.05, 4.69) is 10.3 Å². The second-order valence-electron chi connectivity index (χ2n) is 5.19. The molecule has 0 saturated heterocycles. The van der Waals surface area contributed by atoms with Gasteiger partial charge in [0.05, 0.1) is 25.5 Å². The number of methoxy groups -OCH3 is 1. The van der Waals surface area contributed by atoms with Crippen LogP contribution in [0.4, 0.5) is 11.5 Å². The van der Waals surface area contributed by atoms with Crippen LogP contribution in [0.5, 0.6) is 0 Å². The van der Waals surface area contributed by atoms with Crippen LogP contribution in [-0.2, 0) is 9.53 Å². The van der Waals surface area contributed by atoms with Gasteiger partial charge in [-0.2, -0.15) is 0 Å². The largest absolute Gasteiger partial charge is 0.465 e.